The van der Waals surface area contributed by atoms with Crippen molar-refractivity contribution < 1.29 is 9.15 Å². The zero-order valence-electron chi connectivity index (χ0n) is 11.9. The molecule has 0 unspecified atom stereocenters. The summed E-state index contributed by atoms with van der Waals surface area (Å²) < 4.78 is 12.8. The Morgan fingerprint density at radius 2 is 1.96 bits per heavy atom. The molecule has 7 heteroatoms. The number of benzene rings is 1. The van der Waals surface area contributed by atoms with Crippen molar-refractivity contribution in [1.82, 2.24) is 19.6 Å². The van der Waals surface area contributed by atoms with Gasteiger partial charge in [-0.15, -0.1) is 10.2 Å². The van der Waals surface area contributed by atoms with Gasteiger partial charge < -0.3 is 13.6 Å². The average Bonchev–Trinajstić information content (AvgIpc) is 3.22. The molecule has 0 radical (unpaired) electrons. The van der Waals surface area contributed by atoms with Crippen molar-refractivity contribution in [1.29, 1.82) is 0 Å². The van der Waals surface area contributed by atoms with E-state index in [2.05, 4.69) is 15.2 Å². The summed E-state index contributed by atoms with van der Waals surface area (Å²) in [7, 11) is 0. The topological polar surface area (TPSA) is 65.5 Å². The van der Waals surface area contributed by atoms with E-state index in [1.54, 1.807) is 0 Å². The van der Waals surface area contributed by atoms with E-state index in [4.69, 9.17) is 20.8 Å². The van der Waals surface area contributed by atoms with Crippen molar-refractivity contribution in [2.24, 2.45) is 0 Å². The molecule has 0 aliphatic rings. The molecule has 3 aromatic heterocycles. The van der Waals surface area contributed by atoms with Crippen LogP contribution < -0.4 is 4.74 Å². The van der Waals surface area contributed by atoms with Gasteiger partial charge in [0.05, 0.1) is 10.7 Å². The Morgan fingerprint density at radius 3 is 2.74 bits per heavy atom. The van der Waals surface area contributed by atoms with Crippen molar-refractivity contribution in [3.63, 3.8) is 0 Å². The molecule has 23 heavy (non-hydrogen) atoms. The van der Waals surface area contributed by atoms with Gasteiger partial charge >= 0.3 is 0 Å². The number of hydrogen-bond acceptors (Lipinski definition) is 5. The molecule has 0 bridgehead atoms. The minimum atomic E-state index is 0.374. The van der Waals surface area contributed by atoms with Gasteiger partial charge in [0.15, 0.2) is 0 Å². The SMILES string of the molecule is Clc1ccc2nc(COc3ccc(-c4nnco4)cc3)cn2c1. The molecule has 114 valence electrons. The predicted octanol–water partition coefficient (Wildman–Crippen LogP) is 3.62. The Bertz CT molecular complexity index is 933. The zero-order valence-corrected chi connectivity index (χ0v) is 12.6. The molecule has 0 atom stereocenters. The molecular weight excluding hydrogens is 316 g/mol. The van der Waals surface area contributed by atoms with Crippen LogP contribution in [0.2, 0.25) is 5.02 Å². The van der Waals surface area contributed by atoms with E-state index in [0.29, 0.717) is 17.5 Å². The summed E-state index contributed by atoms with van der Waals surface area (Å²) in [6.07, 6.45) is 5.01. The Hall–Kier alpha value is -2.86. The molecule has 0 aliphatic carbocycles. The van der Waals surface area contributed by atoms with Crippen LogP contribution in [-0.4, -0.2) is 19.6 Å². The number of ether oxygens (including phenoxy) is 1. The van der Waals surface area contributed by atoms with E-state index in [1.807, 2.05) is 53.2 Å². The summed E-state index contributed by atoms with van der Waals surface area (Å²) >= 11 is 5.96. The van der Waals surface area contributed by atoms with E-state index in [-0.39, 0.29) is 0 Å². The van der Waals surface area contributed by atoms with E-state index >= 15 is 0 Å². The molecule has 0 N–H and O–H groups in total. The number of nitrogens with zero attached hydrogens (tertiary/aromatic N) is 4. The molecular formula is C16H11ClN4O2. The fourth-order valence-corrected chi connectivity index (χ4v) is 2.40. The van der Waals surface area contributed by atoms with E-state index in [0.717, 1.165) is 22.7 Å². The van der Waals surface area contributed by atoms with Crippen molar-refractivity contribution in [2.45, 2.75) is 6.61 Å². The van der Waals surface area contributed by atoms with Gasteiger partial charge in [0.1, 0.15) is 18.0 Å². The molecule has 6 nitrogen and oxygen atoms in total. The lowest BCUT2D eigenvalue weighted by atomic mass is 10.2. The van der Waals surface area contributed by atoms with Crippen molar-refractivity contribution >= 4 is 17.2 Å². The van der Waals surface area contributed by atoms with Crippen LogP contribution in [-0.2, 0) is 6.61 Å². The van der Waals surface area contributed by atoms with Gasteiger partial charge in [0.25, 0.3) is 0 Å². The average molecular weight is 327 g/mol. The van der Waals surface area contributed by atoms with Crippen molar-refractivity contribution in [2.75, 3.05) is 0 Å². The first-order valence-electron chi connectivity index (χ1n) is 6.90. The van der Waals surface area contributed by atoms with E-state index in [1.165, 1.54) is 6.39 Å². The highest BCUT2D eigenvalue weighted by molar-refractivity contribution is 6.30. The second-order valence-corrected chi connectivity index (χ2v) is 5.34. The highest BCUT2D eigenvalue weighted by Crippen LogP contribution is 2.21. The van der Waals surface area contributed by atoms with Crippen LogP contribution in [0.15, 0.2) is 59.6 Å². The second kappa shape index (κ2) is 5.73. The number of pyridine rings is 1. The number of hydrogen-bond donors (Lipinski definition) is 0. The maximum Gasteiger partial charge on any atom is 0.247 e. The Kier molecular flexibility index (Phi) is 3.44. The minimum absolute atomic E-state index is 0.374. The van der Waals surface area contributed by atoms with Crippen LogP contribution >= 0.6 is 11.6 Å². The third kappa shape index (κ3) is 2.89. The van der Waals surface area contributed by atoms with E-state index < -0.39 is 0 Å². The number of rotatable bonds is 4. The van der Waals surface area contributed by atoms with Crippen LogP contribution in [0.4, 0.5) is 0 Å². The van der Waals surface area contributed by atoms with E-state index in [9.17, 15) is 0 Å². The summed E-state index contributed by atoms with van der Waals surface area (Å²) in [6, 6.07) is 11.1. The summed E-state index contributed by atoms with van der Waals surface area (Å²) in [4.78, 5) is 4.47. The fourth-order valence-electron chi connectivity index (χ4n) is 2.24. The Morgan fingerprint density at radius 1 is 1.09 bits per heavy atom. The molecule has 0 saturated heterocycles. The Balaban J connectivity index is 1.47. The molecule has 0 saturated carbocycles. The standard InChI is InChI=1S/C16H11ClN4O2/c17-12-3-6-15-19-13(8-21(15)7-12)9-22-14-4-1-11(2-5-14)16-20-18-10-23-16/h1-8,10H,9H2. The highest BCUT2D eigenvalue weighted by Gasteiger charge is 2.05. The minimum Gasteiger partial charge on any atom is -0.487 e. The van der Waals surface area contributed by atoms with Crippen LogP contribution in [0, 0.1) is 0 Å². The maximum absolute atomic E-state index is 5.96. The van der Waals surface area contributed by atoms with Gasteiger partial charge in [-0.3, -0.25) is 0 Å². The molecule has 4 aromatic rings. The second-order valence-electron chi connectivity index (χ2n) is 4.90. The third-order valence-corrected chi connectivity index (χ3v) is 3.54. The molecule has 0 fully saturated rings. The number of fused-ring (bicyclic) bond motifs is 1. The van der Waals surface area contributed by atoms with Crippen molar-refractivity contribution in [3.8, 4) is 17.2 Å². The largest absolute Gasteiger partial charge is 0.487 e. The van der Waals surface area contributed by atoms with Crippen LogP contribution in [0.3, 0.4) is 0 Å². The van der Waals surface area contributed by atoms with Crippen LogP contribution in [0.1, 0.15) is 5.69 Å². The quantitative estimate of drug-likeness (QED) is 0.573. The lowest BCUT2D eigenvalue weighted by molar-refractivity contribution is 0.302. The smallest absolute Gasteiger partial charge is 0.247 e. The lowest BCUT2D eigenvalue weighted by Crippen LogP contribution is -1.95. The monoisotopic (exact) mass is 326 g/mol. The zero-order chi connectivity index (χ0) is 15.6. The lowest BCUT2D eigenvalue weighted by Gasteiger charge is -2.04. The maximum atomic E-state index is 5.96. The third-order valence-electron chi connectivity index (χ3n) is 3.31. The summed E-state index contributed by atoms with van der Waals surface area (Å²) in [6.45, 7) is 0.374. The summed E-state index contributed by atoms with van der Waals surface area (Å²) in [5, 5.41) is 8.18. The summed E-state index contributed by atoms with van der Waals surface area (Å²) in [5.41, 5.74) is 2.50. The highest BCUT2D eigenvalue weighted by atomic mass is 35.5. The van der Waals surface area contributed by atoms with Gasteiger partial charge in [0, 0.05) is 18.0 Å². The first-order chi connectivity index (χ1) is 11.3. The molecule has 1 aromatic carbocycles. The summed E-state index contributed by atoms with van der Waals surface area (Å²) in [5.74, 6) is 1.22. The molecule has 3 heterocycles. The molecule has 0 aliphatic heterocycles. The number of imidazole rings is 1. The Labute approximate surface area is 136 Å². The van der Waals surface area contributed by atoms with Crippen LogP contribution in [0.25, 0.3) is 17.1 Å². The van der Waals surface area contributed by atoms with Crippen LogP contribution in [0.5, 0.6) is 5.75 Å². The fraction of sp³-hybridized carbons (Fsp3) is 0.0625. The van der Waals surface area contributed by atoms with Gasteiger partial charge in [-0.05, 0) is 36.4 Å². The van der Waals surface area contributed by atoms with Crippen molar-refractivity contribution in [3.05, 3.63) is 65.9 Å². The van der Waals surface area contributed by atoms with Gasteiger partial charge in [0.2, 0.25) is 12.3 Å². The number of aromatic nitrogens is 4. The number of halogens is 1. The van der Waals surface area contributed by atoms with Gasteiger partial charge in [-0.25, -0.2) is 4.98 Å². The van der Waals surface area contributed by atoms with Gasteiger partial charge in [-0.2, -0.15) is 0 Å². The first-order valence-corrected chi connectivity index (χ1v) is 7.28. The normalized spacial score (nSPS) is 11.0. The first kappa shape index (κ1) is 13.8. The predicted molar refractivity (Wildman–Crippen MR) is 84.3 cm³/mol. The molecule has 0 spiro atoms. The molecule has 4 rings (SSSR count). The van der Waals surface area contributed by atoms with Gasteiger partial charge in [-0.1, -0.05) is 11.6 Å². The molecule has 0 amide bonds.